The average molecular weight is 388 g/mol. The summed E-state index contributed by atoms with van der Waals surface area (Å²) < 4.78 is 6.80. The van der Waals surface area contributed by atoms with Gasteiger partial charge in [-0.2, -0.15) is 4.68 Å². The minimum atomic E-state index is -0.431. The van der Waals surface area contributed by atoms with Crippen LogP contribution in [0.1, 0.15) is 11.3 Å². The van der Waals surface area contributed by atoms with Crippen LogP contribution in [0, 0.1) is 0 Å². The van der Waals surface area contributed by atoms with Gasteiger partial charge in [0.15, 0.2) is 0 Å². The first-order valence-corrected chi connectivity index (χ1v) is 9.48. The minimum Gasteiger partial charge on any atom is -0.456 e. The highest BCUT2D eigenvalue weighted by Crippen LogP contribution is 2.23. The lowest BCUT2D eigenvalue weighted by molar-refractivity contribution is -0.139. The molecular formula is C21H16N4O2S. The molecule has 0 aliphatic carbocycles. The first-order chi connectivity index (χ1) is 13.8. The van der Waals surface area contributed by atoms with Crippen LogP contribution in [0.2, 0.25) is 0 Å². The van der Waals surface area contributed by atoms with E-state index in [2.05, 4.69) is 15.3 Å². The van der Waals surface area contributed by atoms with Gasteiger partial charge in [-0.25, -0.2) is 9.78 Å². The SMILES string of the molecule is O=C(/C=C/c1ccccc1)OCc1cn(-c2nc(-c3ccccc3)cs2)nn1. The fourth-order valence-corrected chi connectivity index (χ4v) is 3.24. The number of hydrogen-bond donors (Lipinski definition) is 0. The maximum Gasteiger partial charge on any atom is 0.331 e. The van der Waals surface area contributed by atoms with E-state index < -0.39 is 5.97 Å². The van der Waals surface area contributed by atoms with E-state index in [9.17, 15) is 4.79 Å². The molecular weight excluding hydrogens is 372 g/mol. The number of carbonyl (C=O) groups excluding carboxylic acids is 1. The molecule has 4 rings (SSSR count). The Morgan fingerprint density at radius 1 is 1.07 bits per heavy atom. The highest BCUT2D eigenvalue weighted by Gasteiger charge is 2.09. The molecule has 6 nitrogen and oxygen atoms in total. The molecule has 0 radical (unpaired) electrons. The van der Waals surface area contributed by atoms with Gasteiger partial charge < -0.3 is 4.74 Å². The van der Waals surface area contributed by atoms with Gasteiger partial charge in [0.1, 0.15) is 12.3 Å². The largest absolute Gasteiger partial charge is 0.456 e. The van der Waals surface area contributed by atoms with Gasteiger partial charge in [0.2, 0.25) is 5.13 Å². The van der Waals surface area contributed by atoms with E-state index >= 15 is 0 Å². The van der Waals surface area contributed by atoms with Crippen LogP contribution in [0.5, 0.6) is 0 Å². The Bertz CT molecular complexity index is 1090. The number of carbonyl (C=O) groups is 1. The molecule has 2 aromatic carbocycles. The molecule has 0 atom stereocenters. The standard InChI is InChI=1S/C21H16N4O2S/c26-20(12-11-16-7-3-1-4-8-16)27-14-18-13-25(24-23-18)21-22-19(15-28-21)17-9-5-2-6-10-17/h1-13,15H,14H2/b12-11+. The Kier molecular flexibility index (Phi) is 5.35. The van der Waals surface area contributed by atoms with Gasteiger partial charge >= 0.3 is 5.97 Å². The van der Waals surface area contributed by atoms with Crippen LogP contribution < -0.4 is 0 Å². The Hall–Kier alpha value is -3.58. The second-order valence-corrected chi connectivity index (χ2v) is 6.72. The summed E-state index contributed by atoms with van der Waals surface area (Å²) in [6.07, 6.45) is 4.81. The zero-order valence-corrected chi connectivity index (χ0v) is 15.6. The van der Waals surface area contributed by atoms with Gasteiger partial charge in [-0.05, 0) is 11.6 Å². The van der Waals surface area contributed by atoms with E-state index in [1.807, 2.05) is 66.0 Å². The highest BCUT2D eigenvalue weighted by atomic mass is 32.1. The smallest absolute Gasteiger partial charge is 0.331 e. The van der Waals surface area contributed by atoms with E-state index in [1.54, 1.807) is 17.0 Å². The molecule has 138 valence electrons. The summed E-state index contributed by atoms with van der Waals surface area (Å²) in [7, 11) is 0. The van der Waals surface area contributed by atoms with Gasteiger partial charge in [0.25, 0.3) is 0 Å². The van der Waals surface area contributed by atoms with Gasteiger partial charge in [-0.3, -0.25) is 0 Å². The van der Waals surface area contributed by atoms with Gasteiger partial charge in [0.05, 0.1) is 11.9 Å². The van der Waals surface area contributed by atoms with Crippen molar-refractivity contribution in [2.45, 2.75) is 6.61 Å². The van der Waals surface area contributed by atoms with Gasteiger partial charge in [0, 0.05) is 17.0 Å². The molecule has 0 fully saturated rings. The normalized spacial score (nSPS) is 11.0. The summed E-state index contributed by atoms with van der Waals surface area (Å²) in [4.78, 5) is 16.4. The number of ether oxygens (including phenoxy) is 1. The Labute approximate surface area is 165 Å². The number of rotatable bonds is 6. The monoisotopic (exact) mass is 388 g/mol. The number of thiazole rings is 1. The van der Waals surface area contributed by atoms with E-state index in [-0.39, 0.29) is 6.61 Å². The summed E-state index contributed by atoms with van der Waals surface area (Å²) in [6.45, 7) is 0.0505. The maximum atomic E-state index is 11.9. The van der Waals surface area contributed by atoms with Crippen molar-refractivity contribution in [2.24, 2.45) is 0 Å². The van der Waals surface area contributed by atoms with E-state index in [1.165, 1.54) is 17.4 Å². The van der Waals surface area contributed by atoms with Crippen molar-refractivity contribution >= 4 is 23.4 Å². The number of nitrogens with zero attached hydrogens (tertiary/aromatic N) is 4. The van der Waals surface area contributed by atoms with Crippen LogP contribution in [-0.2, 0) is 16.1 Å². The zero-order chi connectivity index (χ0) is 19.2. The van der Waals surface area contributed by atoms with Crippen LogP contribution in [0.4, 0.5) is 0 Å². The predicted octanol–water partition coefficient (Wildman–Crippen LogP) is 4.15. The fraction of sp³-hybridized carbons (Fsp3) is 0.0476. The number of aromatic nitrogens is 4. The number of esters is 1. The summed E-state index contributed by atoms with van der Waals surface area (Å²) >= 11 is 1.47. The summed E-state index contributed by atoms with van der Waals surface area (Å²) in [6, 6.07) is 19.5. The van der Waals surface area contributed by atoms with Gasteiger partial charge in [-0.1, -0.05) is 65.9 Å². The molecule has 0 saturated heterocycles. The molecule has 2 heterocycles. The van der Waals surface area contributed by atoms with E-state index in [4.69, 9.17) is 4.74 Å². The molecule has 0 bridgehead atoms. The third-order valence-corrected chi connectivity index (χ3v) is 4.70. The first kappa shape index (κ1) is 17.8. The lowest BCUT2D eigenvalue weighted by Gasteiger charge is -1.97. The second-order valence-electron chi connectivity index (χ2n) is 5.89. The first-order valence-electron chi connectivity index (χ1n) is 8.60. The zero-order valence-electron chi connectivity index (χ0n) is 14.8. The topological polar surface area (TPSA) is 69.9 Å². The molecule has 7 heteroatoms. The van der Waals surface area contributed by atoms with Crippen molar-refractivity contribution in [3.8, 4) is 16.4 Å². The molecule has 0 saturated carbocycles. The summed E-state index contributed by atoms with van der Waals surface area (Å²) in [5.74, 6) is -0.431. The van der Waals surface area contributed by atoms with Crippen molar-refractivity contribution in [2.75, 3.05) is 0 Å². The van der Waals surface area contributed by atoms with E-state index in [0.29, 0.717) is 10.8 Å². The second kappa shape index (κ2) is 8.41. The highest BCUT2D eigenvalue weighted by molar-refractivity contribution is 7.12. The number of benzene rings is 2. The summed E-state index contributed by atoms with van der Waals surface area (Å²) in [5.41, 5.74) is 3.42. The average Bonchev–Trinajstić information content (AvgIpc) is 3.42. The third kappa shape index (κ3) is 4.39. The van der Waals surface area contributed by atoms with Crippen molar-refractivity contribution in [1.82, 2.24) is 20.0 Å². The van der Waals surface area contributed by atoms with E-state index in [0.717, 1.165) is 16.8 Å². The van der Waals surface area contributed by atoms with Crippen LogP contribution in [0.3, 0.4) is 0 Å². The minimum absolute atomic E-state index is 0.0505. The Morgan fingerprint density at radius 3 is 2.61 bits per heavy atom. The molecule has 0 spiro atoms. The predicted molar refractivity (Wildman–Crippen MR) is 108 cm³/mol. The molecule has 4 aromatic rings. The van der Waals surface area contributed by atoms with Crippen LogP contribution in [0.15, 0.2) is 78.3 Å². The Morgan fingerprint density at radius 2 is 1.82 bits per heavy atom. The fourth-order valence-electron chi connectivity index (χ4n) is 2.49. The van der Waals surface area contributed by atoms with Gasteiger partial charge in [-0.15, -0.1) is 16.4 Å². The van der Waals surface area contributed by atoms with Crippen molar-refractivity contribution in [1.29, 1.82) is 0 Å². The molecule has 0 aliphatic heterocycles. The third-order valence-electron chi connectivity index (χ3n) is 3.87. The summed E-state index contributed by atoms with van der Waals surface area (Å²) in [5, 5.41) is 10.8. The molecule has 0 aliphatic rings. The molecule has 2 aromatic heterocycles. The number of hydrogen-bond acceptors (Lipinski definition) is 6. The molecule has 0 N–H and O–H groups in total. The maximum absolute atomic E-state index is 11.9. The van der Waals surface area contributed by atoms with Crippen LogP contribution in [0.25, 0.3) is 22.5 Å². The quantitative estimate of drug-likeness (QED) is 0.367. The van der Waals surface area contributed by atoms with Crippen molar-refractivity contribution < 1.29 is 9.53 Å². The molecule has 0 amide bonds. The molecule has 0 unspecified atom stereocenters. The van der Waals surface area contributed by atoms with Crippen molar-refractivity contribution in [3.63, 3.8) is 0 Å². The lowest BCUT2D eigenvalue weighted by Crippen LogP contribution is -2.01. The van der Waals surface area contributed by atoms with Crippen molar-refractivity contribution in [3.05, 3.63) is 89.6 Å². The molecule has 28 heavy (non-hydrogen) atoms. The Balaban J connectivity index is 1.36. The van der Waals surface area contributed by atoms with Crippen LogP contribution in [-0.4, -0.2) is 25.9 Å². The lowest BCUT2D eigenvalue weighted by atomic mass is 10.2. The van der Waals surface area contributed by atoms with Crippen LogP contribution >= 0.6 is 11.3 Å².